The van der Waals surface area contributed by atoms with E-state index in [2.05, 4.69) is 10.6 Å². The van der Waals surface area contributed by atoms with Crippen LogP contribution in [0.2, 0.25) is 0 Å². The molecule has 4 N–H and O–H groups in total. The number of hydrogen-bond donors (Lipinski definition) is 4. The first kappa shape index (κ1) is 27.1. The molecular weight excluding hydrogens is 508 g/mol. The van der Waals surface area contributed by atoms with Gasteiger partial charge in [0.05, 0.1) is 9.79 Å². The fraction of sp³-hybridized carbons (Fsp3) is 0.474. The van der Waals surface area contributed by atoms with Gasteiger partial charge in [-0.25, -0.2) is 35.9 Å². The summed E-state index contributed by atoms with van der Waals surface area (Å²) in [5, 5.41) is 8.00. The first-order valence-electron chi connectivity index (χ1n) is 10.2. The van der Waals surface area contributed by atoms with E-state index in [-0.39, 0.29) is 9.79 Å². The average Bonchev–Trinajstić information content (AvgIpc) is 3.35. The maximum atomic E-state index is 12.1. The van der Waals surface area contributed by atoms with Crippen molar-refractivity contribution >= 4 is 54.8 Å². The van der Waals surface area contributed by atoms with E-state index in [9.17, 15) is 26.4 Å². The van der Waals surface area contributed by atoms with Crippen LogP contribution in [-0.2, 0) is 20.0 Å². The minimum absolute atomic E-state index is 0.0709. The third kappa shape index (κ3) is 9.31. The van der Waals surface area contributed by atoms with Crippen molar-refractivity contribution in [3.63, 3.8) is 0 Å². The van der Waals surface area contributed by atoms with Crippen LogP contribution in [0.15, 0.2) is 32.7 Å². The lowest BCUT2D eigenvalue weighted by atomic mass is 10.1. The molecule has 0 aliphatic carbocycles. The highest BCUT2D eigenvalue weighted by Crippen LogP contribution is 2.18. The number of carbonyl (C=O) groups is 2. The molecule has 2 heterocycles. The van der Waals surface area contributed by atoms with Gasteiger partial charge in [-0.2, -0.15) is 0 Å². The van der Waals surface area contributed by atoms with Gasteiger partial charge in [-0.15, -0.1) is 22.7 Å². The van der Waals surface area contributed by atoms with Crippen LogP contribution >= 0.6 is 22.7 Å². The molecule has 4 amide bonds. The quantitative estimate of drug-likeness (QED) is 0.306. The highest BCUT2D eigenvalue weighted by Gasteiger charge is 2.19. The number of nitrogens with one attached hydrogen (secondary N) is 4. The summed E-state index contributed by atoms with van der Waals surface area (Å²) in [6, 6.07) is 1.48. The number of aryl methyl sites for hydroxylation is 2. The number of unbranched alkanes of at least 4 members (excludes halogenated alkanes) is 4. The Morgan fingerprint density at radius 2 is 1.06 bits per heavy atom. The Labute approximate surface area is 202 Å². The predicted molar refractivity (Wildman–Crippen MR) is 129 cm³/mol. The van der Waals surface area contributed by atoms with Crippen LogP contribution in [0, 0.1) is 13.8 Å². The molecular formula is C19H28N4O6S4. The largest absolute Gasteiger partial charge is 0.337 e. The molecule has 0 radical (unpaired) electrons. The number of hydrogen-bond acceptors (Lipinski definition) is 8. The number of rotatable bonds is 12. The molecule has 0 aliphatic heterocycles. The molecule has 0 aromatic carbocycles. The van der Waals surface area contributed by atoms with Crippen LogP contribution in [0.1, 0.15) is 41.9 Å². The van der Waals surface area contributed by atoms with E-state index in [1.165, 1.54) is 45.6 Å². The van der Waals surface area contributed by atoms with Gasteiger partial charge >= 0.3 is 12.1 Å². The van der Waals surface area contributed by atoms with Gasteiger partial charge in [0, 0.05) is 33.6 Å². The fourth-order valence-electron chi connectivity index (χ4n) is 2.74. The molecule has 0 fully saturated rings. The SMILES string of the molecule is Cc1cc(S(=O)(=O)NC(=O)NCCCCCCCNC(=O)NS(=O)(=O)c2csc(C)c2)cs1. The summed E-state index contributed by atoms with van der Waals surface area (Å²) in [5.74, 6) is 0. The Balaban J connectivity index is 1.51. The highest BCUT2D eigenvalue weighted by atomic mass is 32.2. The molecule has 0 unspecified atom stereocenters. The number of urea groups is 2. The van der Waals surface area contributed by atoms with Gasteiger partial charge in [0.25, 0.3) is 20.0 Å². The maximum Gasteiger partial charge on any atom is 0.328 e. The third-order valence-corrected chi connectivity index (χ3v) is 9.05. The smallest absolute Gasteiger partial charge is 0.328 e. The normalized spacial score (nSPS) is 11.7. The molecule has 184 valence electrons. The van der Waals surface area contributed by atoms with E-state index in [4.69, 9.17) is 0 Å². The van der Waals surface area contributed by atoms with Crippen LogP contribution in [0.4, 0.5) is 9.59 Å². The summed E-state index contributed by atoms with van der Waals surface area (Å²) in [5.41, 5.74) is 0. The minimum atomic E-state index is -3.86. The molecule has 2 rings (SSSR count). The van der Waals surface area contributed by atoms with E-state index in [0.717, 1.165) is 29.0 Å². The van der Waals surface area contributed by atoms with Crippen molar-refractivity contribution in [3.8, 4) is 0 Å². The Bertz CT molecular complexity index is 1060. The Hall–Kier alpha value is -2.16. The molecule has 0 spiro atoms. The summed E-state index contributed by atoms with van der Waals surface area (Å²) < 4.78 is 52.2. The zero-order chi connectivity index (χ0) is 24.5. The zero-order valence-corrected chi connectivity index (χ0v) is 21.6. The van der Waals surface area contributed by atoms with E-state index in [1.54, 1.807) is 13.8 Å². The molecule has 0 atom stereocenters. The molecule has 0 bridgehead atoms. The number of thiophene rings is 2. The van der Waals surface area contributed by atoms with Crippen molar-refractivity contribution < 1.29 is 26.4 Å². The zero-order valence-electron chi connectivity index (χ0n) is 18.3. The second-order valence-corrected chi connectivity index (χ2v) is 12.9. The topological polar surface area (TPSA) is 151 Å². The number of carbonyl (C=O) groups excluding carboxylic acids is 2. The van der Waals surface area contributed by atoms with Gasteiger partial charge in [0.15, 0.2) is 0 Å². The van der Waals surface area contributed by atoms with Crippen molar-refractivity contribution in [1.82, 2.24) is 20.1 Å². The lowest BCUT2D eigenvalue weighted by Crippen LogP contribution is -2.39. The van der Waals surface area contributed by atoms with Crippen molar-refractivity contribution in [2.24, 2.45) is 0 Å². The van der Waals surface area contributed by atoms with E-state index >= 15 is 0 Å². The molecule has 0 aliphatic rings. The van der Waals surface area contributed by atoms with Gasteiger partial charge in [-0.1, -0.05) is 19.3 Å². The third-order valence-electron chi connectivity index (χ3n) is 4.41. The number of amides is 4. The number of sulfonamides is 2. The fourth-order valence-corrected chi connectivity index (χ4v) is 6.85. The molecule has 2 aromatic rings. The highest BCUT2D eigenvalue weighted by molar-refractivity contribution is 7.90. The van der Waals surface area contributed by atoms with E-state index < -0.39 is 32.1 Å². The molecule has 14 heteroatoms. The minimum Gasteiger partial charge on any atom is -0.337 e. The lowest BCUT2D eigenvalue weighted by Gasteiger charge is -2.08. The first-order valence-corrected chi connectivity index (χ1v) is 14.9. The Morgan fingerprint density at radius 3 is 1.39 bits per heavy atom. The average molecular weight is 537 g/mol. The Kier molecular flexibility index (Phi) is 10.1. The van der Waals surface area contributed by atoms with Crippen molar-refractivity contribution in [1.29, 1.82) is 0 Å². The Morgan fingerprint density at radius 1 is 0.697 bits per heavy atom. The van der Waals surface area contributed by atoms with Gasteiger partial charge in [-0.3, -0.25) is 0 Å². The first-order chi connectivity index (χ1) is 15.5. The van der Waals surface area contributed by atoms with Gasteiger partial charge < -0.3 is 10.6 Å². The summed E-state index contributed by atoms with van der Waals surface area (Å²) >= 11 is 2.58. The summed E-state index contributed by atoms with van der Waals surface area (Å²) in [7, 11) is -7.72. The monoisotopic (exact) mass is 536 g/mol. The molecule has 33 heavy (non-hydrogen) atoms. The van der Waals surface area contributed by atoms with Crippen molar-refractivity contribution in [2.75, 3.05) is 13.1 Å². The van der Waals surface area contributed by atoms with Crippen LogP contribution in [-0.4, -0.2) is 42.0 Å². The standard InChI is InChI=1S/C19H28N4O6S4/c1-14-10-16(12-30-14)32(26,27)22-18(24)20-8-6-4-3-5-7-9-21-19(25)23-33(28,29)17-11-15(2)31-13-17/h10-13H,3-9H2,1-2H3,(H2,20,22,24)(H2,21,23,25). The maximum absolute atomic E-state index is 12.1. The summed E-state index contributed by atoms with van der Waals surface area (Å²) in [6.45, 7) is 4.24. The second kappa shape index (κ2) is 12.3. The molecule has 10 nitrogen and oxygen atoms in total. The summed E-state index contributed by atoms with van der Waals surface area (Å²) in [6.07, 6.45) is 3.84. The van der Waals surface area contributed by atoms with Crippen LogP contribution in [0.5, 0.6) is 0 Å². The van der Waals surface area contributed by atoms with E-state index in [0.29, 0.717) is 25.9 Å². The second-order valence-electron chi connectivity index (χ2n) is 7.28. The van der Waals surface area contributed by atoms with Gasteiger partial charge in [-0.05, 0) is 38.8 Å². The predicted octanol–water partition coefficient (Wildman–Crippen LogP) is 3.05. The molecule has 0 saturated carbocycles. The van der Waals surface area contributed by atoms with Crippen LogP contribution < -0.4 is 20.1 Å². The summed E-state index contributed by atoms with van der Waals surface area (Å²) in [4.78, 5) is 25.4. The van der Waals surface area contributed by atoms with Gasteiger partial charge in [0.2, 0.25) is 0 Å². The van der Waals surface area contributed by atoms with Crippen molar-refractivity contribution in [2.45, 2.75) is 55.7 Å². The van der Waals surface area contributed by atoms with Gasteiger partial charge in [0.1, 0.15) is 0 Å². The molecule has 0 saturated heterocycles. The lowest BCUT2D eigenvalue weighted by molar-refractivity contribution is 0.245. The van der Waals surface area contributed by atoms with Crippen molar-refractivity contribution in [3.05, 3.63) is 32.6 Å². The van der Waals surface area contributed by atoms with Crippen LogP contribution in [0.25, 0.3) is 0 Å². The van der Waals surface area contributed by atoms with Crippen LogP contribution in [0.3, 0.4) is 0 Å². The van der Waals surface area contributed by atoms with E-state index in [1.807, 2.05) is 9.44 Å². The molecule has 2 aromatic heterocycles.